The zero-order valence-corrected chi connectivity index (χ0v) is 7.64. The molecule has 2 aromatic rings. The molecule has 0 atom stereocenters. The number of hydrogen-bond acceptors (Lipinski definition) is 3. The van der Waals surface area contributed by atoms with E-state index in [1.165, 1.54) is 11.3 Å². The Balaban J connectivity index is 2.09. The molecule has 0 saturated carbocycles. The summed E-state index contributed by atoms with van der Waals surface area (Å²) in [6.07, 6.45) is 4.53. The van der Waals surface area contributed by atoms with Crippen molar-refractivity contribution in [1.29, 1.82) is 0 Å². The Kier molecular flexibility index (Phi) is 1.53. The van der Waals surface area contributed by atoms with Crippen LogP contribution in [0.1, 0.15) is 5.56 Å². The van der Waals surface area contributed by atoms with E-state index in [9.17, 15) is 0 Å². The molecule has 70 valence electrons. The van der Waals surface area contributed by atoms with Gasteiger partial charge < -0.3 is 5.32 Å². The van der Waals surface area contributed by atoms with Crippen LogP contribution in [0, 0.1) is 0 Å². The Bertz CT molecular complexity index is 447. The van der Waals surface area contributed by atoms with Crippen LogP contribution in [0.25, 0.3) is 5.69 Å². The van der Waals surface area contributed by atoms with Crippen molar-refractivity contribution in [3.05, 3.63) is 36.4 Å². The quantitative estimate of drug-likeness (QED) is 0.728. The van der Waals surface area contributed by atoms with Gasteiger partial charge in [0.15, 0.2) is 0 Å². The third kappa shape index (κ3) is 1.08. The van der Waals surface area contributed by atoms with Crippen LogP contribution in [0.4, 0.5) is 5.69 Å². The van der Waals surface area contributed by atoms with Crippen LogP contribution in [0.3, 0.4) is 0 Å². The molecular formula is C10H10N4. The molecule has 4 heteroatoms. The fraction of sp³-hybridized carbons (Fsp3) is 0.200. The maximum absolute atomic E-state index is 3.79. The third-order valence-corrected chi connectivity index (χ3v) is 2.52. The first-order chi connectivity index (χ1) is 6.93. The van der Waals surface area contributed by atoms with Gasteiger partial charge in [-0.3, -0.25) is 4.57 Å². The predicted molar refractivity (Wildman–Crippen MR) is 53.6 cm³/mol. The first-order valence-electron chi connectivity index (χ1n) is 4.65. The normalized spacial score (nSPS) is 13.7. The van der Waals surface area contributed by atoms with Crippen LogP contribution in [0.2, 0.25) is 0 Å². The highest BCUT2D eigenvalue weighted by Gasteiger charge is 2.10. The lowest BCUT2D eigenvalue weighted by atomic mass is 10.1. The smallest absolute Gasteiger partial charge is 0.123 e. The molecule has 1 aromatic heterocycles. The maximum Gasteiger partial charge on any atom is 0.123 e. The Morgan fingerprint density at radius 1 is 1.21 bits per heavy atom. The zero-order chi connectivity index (χ0) is 9.38. The van der Waals surface area contributed by atoms with E-state index in [2.05, 4.69) is 33.7 Å². The van der Waals surface area contributed by atoms with Crippen molar-refractivity contribution >= 4 is 5.69 Å². The molecule has 0 unspecified atom stereocenters. The lowest BCUT2D eigenvalue weighted by Crippen LogP contribution is -1.91. The summed E-state index contributed by atoms with van der Waals surface area (Å²) < 4.78 is 1.92. The second-order valence-electron chi connectivity index (χ2n) is 3.39. The van der Waals surface area contributed by atoms with Crippen LogP contribution < -0.4 is 5.32 Å². The highest BCUT2D eigenvalue weighted by Crippen LogP contribution is 2.24. The average molecular weight is 186 g/mol. The molecule has 0 aliphatic carbocycles. The van der Waals surface area contributed by atoms with E-state index in [1.54, 1.807) is 12.7 Å². The van der Waals surface area contributed by atoms with Gasteiger partial charge in [0.05, 0.1) is 0 Å². The topological polar surface area (TPSA) is 42.7 Å². The summed E-state index contributed by atoms with van der Waals surface area (Å²) in [7, 11) is 0. The summed E-state index contributed by atoms with van der Waals surface area (Å²) in [5, 5.41) is 10.9. The molecule has 3 rings (SSSR count). The van der Waals surface area contributed by atoms with Crippen molar-refractivity contribution in [1.82, 2.24) is 14.8 Å². The molecule has 0 spiro atoms. The molecule has 1 aliphatic heterocycles. The number of benzene rings is 1. The van der Waals surface area contributed by atoms with Gasteiger partial charge in [0, 0.05) is 17.9 Å². The molecule has 0 amide bonds. The Morgan fingerprint density at radius 2 is 2.07 bits per heavy atom. The van der Waals surface area contributed by atoms with Crippen LogP contribution in [-0.2, 0) is 6.42 Å². The van der Waals surface area contributed by atoms with E-state index in [4.69, 9.17) is 0 Å². The van der Waals surface area contributed by atoms with Gasteiger partial charge >= 0.3 is 0 Å². The van der Waals surface area contributed by atoms with E-state index in [1.807, 2.05) is 4.57 Å². The third-order valence-electron chi connectivity index (χ3n) is 2.52. The number of anilines is 1. The first-order valence-corrected chi connectivity index (χ1v) is 4.65. The highest BCUT2D eigenvalue weighted by atomic mass is 15.2. The van der Waals surface area contributed by atoms with Gasteiger partial charge in [-0.25, -0.2) is 0 Å². The largest absolute Gasteiger partial charge is 0.384 e. The van der Waals surface area contributed by atoms with Crippen LogP contribution in [0.15, 0.2) is 30.9 Å². The van der Waals surface area contributed by atoms with Crippen molar-refractivity contribution in [3.63, 3.8) is 0 Å². The van der Waals surface area contributed by atoms with Gasteiger partial charge in [-0.05, 0) is 30.2 Å². The molecular weight excluding hydrogens is 176 g/mol. The van der Waals surface area contributed by atoms with Crippen molar-refractivity contribution in [2.45, 2.75) is 6.42 Å². The zero-order valence-electron chi connectivity index (χ0n) is 7.64. The minimum Gasteiger partial charge on any atom is -0.384 e. The van der Waals surface area contributed by atoms with Gasteiger partial charge in [0.25, 0.3) is 0 Å². The van der Waals surface area contributed by atoms with Gasteiger partial charge in [-0.1, -0.05) is 0 Å². The first kappa shape index (κ1) is 7.55. The molecule has 0 bridgehead atoms. The molecule has 0 radical (unpaired) electrons. The minimum absolute atomic E-state index is 1.04. The summed E-state index contributed by atoms with van der Waals surface area (Å²) in [5.41, 5.74) is 3.75. The second kappa shape index (κ2) is 2.83. The Labute approximate surface area is 81.6 Å². The minimum atomic E-state index is 1.04. The van der Waals surface area contributed by atoms with Crippen molar-refractivity contribution in [2.75, 3.05) is 11.9 Å². The van der Waals surface area contributed by atoms with Crippen LogP contribution in [-0.4, -0.2) is 21.3 Å². The van der Waals surface area contributed by atoms with Gasteiger partial charge in [-0.2, -0.15) is 0 Å². The Morgan fingerprint density at radius 3 is 2.93 bits per heavy atom. The Hall–Kier alpha value is -1.84. The SMILES string of the molecule is c1cc2c(cc1-n1cnnc1)CCN2. The van der Waals surface area contributed by atoms with Crippen molar-refractivity contribution in [2.24, 2.45) is 0 Å². The van der Waals surface area contributed by atoms with E-state index >= 15 is 0 Å². The van der Waals surface area contributed by atoms with E-state index < -0.39 is 0 Å². The van der Waals surface area contributed by atoms with Crippen LogP contribution >= 0.6 is 0 Å². The van der Waals surface area contributed by atoms with Gasteiger partial charge in [-0.15, -0.1) is 10.2 Å². The van der Waals surface area contributed by atoms with Gasteiger partial charge in [0.1, 0.15) is 12.7 Å². The maximum atomic E-state index is 3.79. The summed E-state index contributed by atoms with van der Waals surface area (Å²) in [6.45, 7) is 1.04. The van der Waals surface area contributed by atoms with Crippen LogP contribution in [0.5, 0.6) is 0 Å². The summed E-state index contributed by atoms with van der Waals surface area (Å²) in [6, 6.07) is 6.36. The number of aromatic nitrogens is 3. The highest BCUT2D eigenvalue weighted by molar-refractivity contribution is 5.59. The average Bonchev–Trinajstić information content (AvgIpc) is 2.88. The van der Waals surface area contributed by atoms with Crippen molar-refractivity contribution < 1.29 is 0 Å². The molecule has 4 nitrogen and oxygen atoms in total. The summed E-state index contributed by atoms with van der Waals surface area (Å²) in [5.74, 6) is 0. The molecule has 1 N–H and O–H groups in total. The molecule has 0 fully saturated rings. The van der Waals surface area contributed by atoms with Crippen molar-refractivity contribution in [3.8, 4) is 5.69 Å². The number of hydrogen-bond donors (Lipinski definition) is 1. The summed E-state index contributed by atoms with van der Waals surface area (Å²) >= 11 is 0. The predicted octanol–water partition coefficient (Wildman–Crippen LogP) is 1.24. The molecule has 14 heavy (non-hydrogen) atoms. The number of fused-ring (bicyclic) bond motifs is 1. The van der Waals surface area contributed by atoms with E-state index in [0.717, 1.165) is 18.7 Å². The van der Waals surface area contributed by atoms with E-state index in [-0.39, 0.29) is 0 Å². The number of nitrogens with one attached hydrogen (secondary N) is 1. The molecule has 2 heterocycles. The number of rotatable bonds is 1. The molecule has 1 aliphatic rings. The summed E-state index contributed by atoms with van der Waals surface area (Å²) in [4.78, 5) is 0. The molecule has 0 saturated heterocycles. The standard InChI is InChI=1S/C10H10N4/c1-2-10-8(3-4-11-10)5-9(1)14-6-12-13-7-14/h1-2,5-7,11H,3-4H2. The lowest BCUT2D eigenvalue weighted by molar-refractivity contribution is 1.04. The van der Waals surface area contributed by atoms with Gasteiger partial charge in [0.2, 0.25) is 0 Å². The lowest BCUT2D eigenvalue weighted by Gasteiger charge is -2.04. The fourth-order valence-corrected chi connectivity index (χ4v) is 1.79. The number of nitrogens with zero attached hydrogens (tertiary/aromatic N) is 3. The second-order valence-corrected chi connectivity index (χ2v) is 3.39. The van der Waals surface area contributed by atoms with E-state index in [0.29, 0.717) is 0 Å². The monoisotopic (exact) mass is 186 g/mol. The molecule has 1 aromatic carbocycles. The fourth-order valence-electron chi connectivity index (χ4n) is 1.79.